The van der Waals surface area contributed by atoms with Crippen LogP contribution in [0.4, 0.5) is 4.39 Å². The zero-order chi connectivity index (χ0) is 23.4. The van der Waals surface area contributed by atoms with Gasteiger partial charge in [-0.15, -0.1) is 0 Å². The van der Waals surface area contributed by atoms with Gasteiger partial charge in [0.05, 0.1) is 5.60 Å². The molecule has 34 heavy (non-hydrogen) atoms. The molecule has 1 atom stereocenters. The van der Waals surface area contributed by atoms with Crippen LogP contribution in [0.15, 0.2) is 53.3 Å². The number of aromatic nitrogens is 3. The van der Waals surface area contributed by atoms with E-state index in [-0.39, 0.29) is 23.9 Å². The topological polar surface area (TPSA) is 90.6 Å². The van der Waals surface area contributed by atoms with Crippen molar-refractivity contribution >= 4 is 5.91 Å². The van der Waals surface area contributed by atoms with Gasteiger partial charge in [0.2, 0.25) is 11.7 Å². The molecule has 1 spiro atoms. The Morgan fingerprint density at radius 2 is 2.03 bits per heavy atom. The molecule has 8 nitrogen and oxygen atoms in total. The molecule has 2 aliphatic heterocycles. The van der Waals surface area contributed by atoms with Crippen molar-refractivity contribution in [1.82, 2.24) is 20.0 Å². The number of carbonyl (C=O) groups is 1. The highest BCUT2D eigenvalue weighted by Crippen LogP contribution is 2.38. The maximum absolute atomic E-state index is 13.0. The average Bonchev–Trinajstić information content (AvgIpc) is 3.33. The number of rotatable bonds is 6. The summed E-state index contributed by atoms with van der Waals surface area (Å²) >= 11 is 0. The Hall–Kier alpha value is -3.33. The minimum Gasteiger partial charge on any atom is -0.484 e. The second-order valence-corrected chi connectivity index (χ2v) is 8.97. The number of likely N-dealkylation sites (tertiary alicyclic amines) is 1. The molecule has 3 aromatic rings. The predicted octanol–water partition coefficient (Wildman–Crippen LogP) is 3.68. The third-order valence-corrected chi connectivity index (χ3v) is 6.65. The van der Waals surface area contributed by atoms with Crippen molar-refractivity contribution in [2.45, 2.75) is 37.7 Å². The fourth-order valence-corrected chi connectivity index (χ4v) is 4.78. The van der Waals surface area contributed by atoms with Crippen molar-refractivity contribution in [2.75, 3.05) is 26.3 Å². The van der Waals surface area contributed by atoms with Crippen LogP contribution in [0.1, 0.15) is 31.6 Å². The molecule has 2 aliphatic rings. The largest absolute Gasteiger partial charge is 0.484 e. The molecule has 9 heteroatoms. The lowest BCUT2D eigenvalue weighted by Crippen LogP contribution is -2.51. The molecule has 1 unspecified atom stereocenters. The number of benzene rings is 1. The van der Waals surface area contributed by atoms with E-state index in [1.54, 1.807) is 12.4 Å². The normalized spacial score (nSPS) is 19.8. The number of piperidine rings is 1. The summed E-state index contributed by atoms with van der Waals surface area (Å²) in [4.78, 5) is 23.1. The van der Waals surface area contributed by atoms with E-state index in [0.717, 1.165) is 31.2 Å². The first-order chi connectivity index (χ1) is 16.6. The number of halogens is 1. The number of hydrogen-bond donors (Lipinski definition) is 0. The van der Waals surface area contributed by atoms with E-state index in [0.29, 0.717) is 49.5 Å². The molecule has 1 amide bonds. The number of amides is 1. The maximum Gasteiger partial charge on any atom is 0.260 e. The Morgan fingerprint density at radius 1 is 1.21 bits per heavy atom. The van der Waals surface area contributed by atoms with Gasteiger partial charge in [-0.3, -0.25) is 9.78 Å². The molecular weight excluding hydrogens is 439 g/mol. The zero-order valence-electron chi connectivity index (χ0n) is 18.9. The zero-order valence-corrected chi connectivity index (χ0v) is 18.9. The fraction of sp³-hybridized carbons (Fsp3) is 0.440. The van der Waals surface area contributed by atoms with Crippen molar-refractivity contribution in [3.05, 3.63) is 60.5 Å². The van der Waals surface area contributed by atoms with Crippen LogP contribution in [-0.2, 0) is 16.0 Å². The Labute approximate surface area is 197 Å². The smallest absolute Gasteiger partial charge is 0.260 e. The molecule has 4 heterocycles. The van der Waals surface area contributed by atoms with Gasteiger partial charge in [0.25, 0.3) is 5.91 Å². The molecule has 0 aliphatic carbocycles. The SMILES string of the molecule is O=C(COc1ccc(F)cc1)N1CCC2(CC1)CC(Cc1nc(-c3cccnc3)no1)CCO2. The Kier molecular flexibility index (Phi) is 6.53. The number of nitrogens with zero attached hydrogens (tertiary/aromatic N) is 4. The van der Waals surface area contributed by atoms with Gasteiger partial charge in [-0.2, -0.15) is 4.98 Å². The van der Waals surface area contributed by atoms with Crippen molar-refractivity contribution < 1.29 is 23.2 Å². The quantitative estimate of drug-likeness (QED) is 0.547. The highest BCUT2D eigenvalue weighted by Gasteiger charge is 2.41. The monoisotopic (exact) mass is 466 g/mol. The first-order valence-electron chi connectivity index (χ1n) is 11.6. The first-order valence-corrected chi connectivity index (χ1v) is 11.6. The summed E-state index contributed by atoms with van der Waals surface area (Å²) in [6.07, 6.45) is 7.58. The molecule has 0 saturated carbocycles. The molecule has 2 saturated heterocycles. The summed E-state index contributed by atoms with van der Waals surface area (Å²) in [5.41, 5.74) is 0.616. The molecule has 2 fully saturated rings. The second kappa shape index (κ2) is 9.89. The lowest BCUT2D eigenvalue weighted by molar-refractivity contribution is -0.148. The van der Waals surface area contributed by atoms with Gasteiger partial charge in [-0.1, -0.05) is 5.16 Å². The van der Waals surface area contributed by atoms with E-state index in [1.807, 2.05) is 17.0 Å². The summed E-state index contributed by atoms with van der Waals surface area (Å²) in [5.74, 6) is 1.65. The van der Waals surface area contributed by atoms with Crippen LogP contribution in [0.2, 0.25) is 0 Å². The van der Waals surface area contributed by atoms with Gasteiger partial charge < -0.3 is 18.9 Å². The molecular formula is C25H27FN4O4. The van der Waals surface area contributed by atoms with Crippen LogP contribution in [0, 0.1) is 11.7 Å². The average molecular weight is 467 g/mol. The summed E-state index contributed by atoms with van der Waals surface area (Å²) in [6.45, 7) is 1.89. The number of ether oxygens (including phenoxy) is 2. The minimum absolute atomic E-state index is 0.0570. The van der Waals surface area contributed by atoms with E-state index >= 15 is 0 Å². The van der Waals surface area contributed by atoms with Crippen LogP contribution in [-0.4, -0.2) is 57.8 Å². The molecule has 1 aromatic carbocycles. The summed E-state index contributed by atoms with van der Waals surface area (Å²) in [5, 5.41) is 4.10. The Morgan fingerprint density at radius 3 is 2.79 bits per heavy atom. The Balaban J connectivity index is 1.12. The van der Waals surface area contributed by atoms with Gasteiger partial charge in [0.1, 0.15) is 11.6 Å². The molecule has 0 bridgehead atoms. The molecule has 2 aromatic heterocycles. The molecule has 5 rings (SSSR count). The minimum atomic E-state index is -0.334. The summed E-state index contributed by atoms with van der Waals surface area (Å²) in [6, 6.07) is 9.43. The second-order valence-electron chi connectivity index (χ2n) is 8.97. The first kappa shape index (κ1) is 22.5. The van der Waals surface area contributed by atoms with Gasteiger partial charge in [-0.25, -0.2) is 4.39 Å². The third-order valence-electron chi connectivity index (χ3n) is 6.65. The van der Waals surface area contributed by atoms with Crippen LogP contribution in [0.3, 0.4) is 0 Å². The standard InChI is InChI=1S/C25H27FN4O4/c26-20-3-5-21(6-4-20)32-17-23(31)30-11-8-25(9-12-30)15-18(7-13-33-25)14-22-28-24(29-34-22)19-2-1-10-27-16-19/h1-6,10,16,18H,7-9,11-15,17H2. The summed E-state index contributed by atoms with van der Waals surface area (Å²) < 4.78 is 30.3. The third kappa shape index (κ3) is 5.25. The van der Waals surface area contributed by atoms with E-state index in [1.165, 1.54) is 24.3 Å². The number of pyridine rings is 1. The lowest BCUT2D eigenvalue weighted by Gasteiger charge is -2.46. The van der Waals surface area contributed by atoms with Crippen molar-refractivity contribution in [1.29, 1.82) is 0 Å². The predicted molar refractivity (Wildman–Crippen MR) is 120 cm³/mol. The van der Waals surface area contributed by atoms with E-state index < -0.39 is 0 Å². The molecule has 178 valence electrons. The highest BCUT2D eigenvalue weighted by atomic mass is 19.1. The van der Waals surface area contributed by atoms with Gasteiger partial charge >= 0.3 is 0 Å². The van der Waals surface area contributed by atoms with E-state index in [2.05, 4.69) is 15.1 Å². The van der Waals surface area contributed by atoms with Gasteiger partial charge in [-0.05, 0) is 68.0 Å². The fourth-order valence-electron chi connectivity index (χ4n) is 4.78. The number of hydrogen-bond acceptors (Lipinski definition) is 7. The van der Waals surface area contributed by atoms with Crippen LogP contribution in [0.5, 0.6) is 5.75 Å². The summed E-state index contributed by atoms with van der Waals surface area (Å²) in [7, 11) is 0. The van der Waals surface area contributed by atoms with Crippen molar-refractivity contribution in [3.63, 3.8) is 0 Å². The highest BCUT2D eigenvalue weighted by molar-refractivity contribution is 5.77. The molecule has 0 N–H and O–H groups in total. The number of carbonyl (C=O) groups excluding carboxylic acids is 1. The van der Waals surface area contributed by atoms with Gasteiger partial charge in [0, 0.05) is 44.1 Å². The maximum atomic E-state index is 13.0. The van der Waals surface area contributed by atoms with Gasteiger partial charge in [0.15, 0.2) is 6.61 Å². The van der Waals surface area contributed by atoms with Crippen LogP contribution in [0.25, 0.3) is 11.4 Å². The molecule has 0 radical (unpaired) electrons. The van der Waals surface area contributed by atoms with E-state index in [9.17, 15) is 9.18 Å². The van der Waals surface area contributed by atoms with Crippen LogP contribution >= 0.6 is 0 Å². The Bertz CT molecular complexity index is 1100. The van der Waals surface area contributed by atoms with E-state index in [4.69, 9.17) is 14.0 Å². The van der Waals surface area contributed by atoms with Crippen molar-refractivity contribution in [3.8, 4) is 17.1 Å². The lowest BCUT2D eigenvalue weighted by atomic mass is 9.78. The van der Waals surface area contributed by atoms with Crippen molar-refractivity contribution in [2.24, 2.45) is 5.92 Å². The van der Waals surface area contributed by atoms with Crippen LogP contribution < -0.4 is 4.74 Å².